The van der Waals surface area contributed by atoms with Gasteiger partial charge in [0.1, 0.15) is 5.75 Å². The van der Waals surface area contributed by atoms with Gasteiger partial charge in [0, 0.05) is 36.9 Å². The molecule has 1 heterocycles. The highest BCUT2D eigenvalue weighted by Crippen LogP contribution is 2.32. The first kappa shape index (κ1) is 21.7. The third kappa shape index (κ3) is 4.74. The Kier molecular flexibility index (Phi) is 6.96. The predicted molar refractivity (Wildman–Crippen MR) is 119 cm³/mol. The van der Waals surface area contributed by atoms with Crippen LogP contribution in [0.2, 0.25) is 0 Å². The van der Waals surface area contributed by atoms with Gasteiger partial charge in [0.15, 0.2) is 5.13 Å². The second kappa shape index (κ2) is 9.64. The molecule has 8 nitrogen and oxygen atoms in total. The third-order valence-electron chi connectivity index (χ3n) is 4.92. The number of ether oxygens (including phenoxy) is 1. The van der Waals surface area contributed by atoms with Crippen LogP contribution in [0, 0.1) is 10.1 Å². The molecule has 0 bridgehead atoms. The zero-order valence-electron chi connectivity index (χ0n) is 17.2. The van der Waals surface area contributed by atoms with Crippen molar-refractivity contribution in [1.82, 2.24) is 9.88 Å². The number of thiazole rings is 1. The van der Waals surface area contributed by atoms with Gasteiger partial charge in [-0.15, -0.1) is 0 Å². The van der Waals surface area contributed by atoms with E-state index in [0.717, 1.165) is 23.3 Å². The van der Waals surface area contributed by atoms with Gasteiger partial charge in [-0.2, -0.15) is 0 Å². The molecule has 2 aromatic carbocycles. The number of nitrogens with zero attached hydrogens (tertiary/aromatic N) is 4. The van der Waals surface area contributed by atoms with Gasteiger partial charge in [-0.25, -0.2) is 4.98 Å². The number of aromatic nitrogens is 1. The molecule has 30 heavy (non-hydrogen) atoms. The Hall–Kier alpha value is -3.04. The van der Waals surface area contributed by atoms with Crippen molar-refractivity contribution < 1.29 is 14.5 Å². The molecule has 3 aromatic rings. The predicted octanol–water partition coefficient (Wildman–Crippen LogP) is 4.20. The summed E-state index contributed by atoms with van der Waals surface area (Å²) < 4.78 is 6.22. The van der Waals surface area contributed by atoms with Gasteiger partial charge in [0.05, 0.1) is 22.2 Å². The topological polar surface area (TPSA) is 88.8 Å². The molecule has 0 radical (unpaired) electrons. The Morgan fingerprint density at radius 1 is 1.13 bits per heavy atom. The highest BCUT2D eigenvalue weighted by atomic mass is 32.1. The summed E-state index contributed by atoms with van der Waals surface area (Å²) in [5.74, 6) is 0.471. The van der Waals surface area contributed by atoms with E-state index >= 15 is 0 Å². The van der Waals surface area contributed by atoms with Crippen molar-refractivity contribution in [2.24, 2.45) is 0 Å². The number of likely N-dealkylation sites (N-methyl/N-ethyl adjacent to an activating group) is 1. The van der Waals surface area contributed by atoms with E-state index in [1.165, 1.54) is 35.6 Å². The van der Waals surface area contributed by atoms with Crippen molar-refractivity contribution in [3.8, 4) is 5.75 Å². The van der Waals surface area contributed by atoms with Gasteiger partial charge in [-0.3, -0.25) is 19.8 Å². The molecule has 0 aliphatic carbocycles. The number of anilines is 1. The molecule has 0 spiro atoms. The summed E-state index contributed by atoms with van der Waals surface area (Å²) in [5, 5.41) is 11.5. The number of nitro groups is 1. The number of non-ortho nitro benzene ring substituents is 1. The van der Waals surface area contributed by atoms with E-state index in [-0.39, 0.29) is 11.6 Å². The number of carbonyl (C=O) groups is 1. The molecule has 0 saturated heterocycles. The molecule has 0 saturated carbocycles. The lowest BCUT2D eigenvalue weighted by atomic mass is 10.2. The Bertz CT molecular complexity index is 1030. The normalized spacial score (nSPS) is 11.1. The van der Waals surface area contributed by atoms with Crippen LogP contribution in [-0.2, 0) is 0 Å². The lowest BCUT2D eigenvalue weighted by Crippen LogP contribution is -2.38. The fourth-order valence-corrected chi connectivity index (χ4v) is 4.05. The van der Waals surface area contributed by atoms with E-state index < -0.39 is 4.92 Å². The summed E-state index contributed by atoms with van der Waals surface area (Å²) in [6.45, 7) is 7.09. The van der Waals surface area contributed by atoms with Crippen LogP contribution < -0.4 is 9.64 Å². The van der Waals surface area contributed by atoms with E-state index in [4.69, 9.17) is 4.74 Å². The Morgan fingerprint density at radius 2 is 1.83 bits per heavy atom. The van der Waals surface area contributed by atoms with Crippen molar-refractivity contribution in [1.29, 1.82) is 0 Å². The van der Waals surface area contributed by atoms with Crippen LogP contribution in [0.15, 0.2) is 42.5 Å². The average Bonchev–Trinajstić information content (AvgIpc) is 3.19. The summed E-state index contributed by atoms with van der Waals surface area (Å²) in [5.41, 5.74) is 1.10. The number of methoxy groups -OCH3 is 1. The van der Waals surface area contributed by atoms with Crippen molar-refractivity contribution in [2.75, 3.05) is 38.2 Å². The number of amides is 1. The summed E-state index contributed by atoms with van der Waals surface area (Å²) in [6, 6.07) is 11.3. The molecule has 0 atom stereocenters. The van der Waals surface area contributed by atoms with E-state index in [0.29, 0.717) is 29.5 Å². The number of nitro benzene ring substituents is 1. The molecule has 1 aromatic heterocycles. The largest absolute Gasteiger partial charge is 0.497 e. The van der Waals surface area contributed by atoms with Crippen LogP contribution in [0.25, 0.3) is 10.2 Å². The molecule has 158 valence electrons. The summed E-state index contributed by atoms with van der Waals surface area (Å²) in [6.07, 6.45) is 0. The minimum absolute atomic E-state index is 0.0478. The standard InChI is InChI=1S/C21H24N4O4S/c1-4-23(5-2)12-13-24(20(26)15-6-8-16(9-7-15)25(27)28)21-22-18-14-17(29-3)10-11-19(18)30-21/h6-11,14H,4-5,12-13H2,1-3H3. The van der Waals surface area contributed by atoms with Crippen LogP contribution in [0.1, 0.15) is 24.2 Å². The number of hydrogen-bond donors (Lipinski definition) is 0. The average molecular weight is 429 g/mol. The lowest BCUT2D eigenvalue weighted by molar-refractivity contribution is -0.384. The van der Waals surface area contributed by atoms with E-state index in [2.05, 4.69) is 23.7 Å². The van der Waals surface area contributed by atoms with Gasteiger partial charge in [-0.1, -0.05) is 25.2 Å². The Balaban J connectivity index is 1.95. The molecule has 0 unspecified atom stereocenters. The summed E-state index contributed by atoms with van der Waals surface area (Å²) in [7, 11) is 1.60. The van der Waals surface area contributed by atoms with E-state index in [1.54, 1.807) is 12.0 Å². The van der Waals surface area contributed by atoms with Crippen LogP contribution >= 0.6 is 11.3 Å². The molecule has 9 heteroatoms. The maximum atomic E-state index is 13.3. The first-order valence-corrected chi connectivity index (χ1v) is 10.5. The minimum Gasteiger partial charge on any atom is -0.497 e. The SMILES string of the molecule is CCN(CC)CCN(C(=O)c1ccc([N+](=O)[O-])cc1)c1nc2cc(OC)ccc2s1. The van der Waals surface area contributed by atoms with Crippen molar-refractivity contribution >= 4 is 38.3 Å². The van der Waals surface area contributed by atoms with Crippen LogP contribution in [-0.4, -0.2) is 54.0 Å². The molecule has 0 aliphatic heterocycles. The van der Waals surface area contributed by atoms with E-state index in [9.17, 15) is 14.9 Å². The highest BCUT2D eigenvalue weighted by molar-refractivity contribution is 7.22. The number of fused-ring (bicyclic) bond motifs is 1. The summed E-state index contributed by atoms with van der Waals surface area (Å²) >= 11 is 1.43. The zero-order chi connectivity index (χ0) is 21.7. The molecular formula is C21H24N4O4S. The second-order valence-corrected chi connectivity index (χ2v) is 7.63. The van der Waals surface area contributed by atoms with Gasteiger partial charge in [-0.05, 0) is 37.4 Å². The van der Waals surface area contributed by atoms with Crippen molar-refractivity contribution in [3.63, 3.8) is 0 Å². The quantitative estimate of drug-likeness (QED) is 0.375. The van der Waals surface area contributed by atoms with Crippen LogP contribution in [0.4, 0.5) is 10.8 Å². The lowest BCUT2D eigenvalue weighted by Gasteiger charge is -2.24. The van der Waals surface area contributed by atoms with E-state index in [1.807, 2.05) is 18.2 Å². The number of carbonyl (C=O) groups excluding carboxylic acids is 1. The first-order chi connectivity index (χ1) is 14.5. The van der Waals surface area contributed by atoms with Crippen molar-refractivity contribution in [3.05, 3.63) is 58.1 Å². The smallest absolute Gasteiger partial charge is 0.269 e. The number of benzene rings is 2. The maximum Gasteiger partial charge on any atom is 0.269 e. The molecule has 3 rings (SSSR count). The van der Waals surface area contributed by atoms with Crippen molar-refractivity contribution in [2.45, 2.75) is 13.8 Å². The molecule has 1 amide bonds. The zero-order valence-corrected chi connectivity index (χ0v) is 18.0. The molecular weight excluding hydrogens is 404 g/mol. The summed E-state index contributed by atoms with van der Waals surface area (Å²) in [4.78, 5) is 32.3. The number of hydrogen-bond acceptors (Lipinski definition) is 7. The fourth-order valence-electron chi connectivity index (χ4n) is 3.08. The number of rotatable bonds is 9. The van der Waals surface area contributed by atoms with Gasteiger partial charge in [0.2, 0.25) is 0 Å². The second-order valence-electron chi connectivity index (χ2n) is 6.62. The molecule has 0 aliphatic rings. The van der Waals surface area contributed by atoms with Crippen LogP contribution in [0.5, 0.6) is 5.75 Å². The van der Waals surface area contributed by atoms with Gasteiger partial charge < -0.3 is 9.64 Å². The maximum absolute atomic E-state index is 13.3. The first-order valence-electron chi connectivity index (χ1n) is 9.70. The minimum atomic E-state index is -0.479. The Morgan fingerprint density at radius 3 is 2.43 bits per heavy atom. The third-order valence-corrected chi connectivity index (χ3v) is 5.98. The Labute approximate surface area is 178 Å². The van der Waals surface area contributed by atoms with Gasteiger partial charge in [0.25, 0.3) is 11.6 Å². The van der Waals surface area contributed by atoms with Gasteiger partial charge >= 0.3 is 0 Å². The fraction of sp³-hybridized carbons (Fsp3) is 0.333. The monoisotopic (exact) mass is 428 g/mol. The molecule has 0 fully saturated rings. The molecule has 0 N–H and O–H groups in total. The highest BCUT2D eigenvalue weighted by Gasteiger charge is 2.22. The van der Waals surface area contributed by atoms with Crippen LogP contribution in [0.3, 0.4) is 0 Å².